The van der Waals surface area contributed by atoms with Gasteiger partial charge < -0.3 is 10.8 Å². The Bertz CT molecular complexity index is 938. The van der Waals surface area contributed by atoms with Crippen LogP contribution in [0.3, 0.4) is 0 Å². The molecule has 0 radical (unpaired) electrons. The van der Waals surface area contributed by atoms with Crippen molar-refractivity contribution in [1.82, 2.24) is 24.4 Å². The summed E-state index contributed by atoms with van der Waals surface area (Å²) in [7, 11) is 1.69. The number of hydrogen-bond acceptors (Lipinski definition) is 6. The van der Waals surface area contributed by atoms with Gasteiger partial charge in [0.15, 0.2) is 0 Å². The van der Waals surface area contributed by atoms with Crippen LogP contribution < -0.4 is 5.73 Å². The van der Waals surface area contributed by atoms with Crippen molar-refractivity contribution >= 4 is 17.3 Å². The highest BCUT2D eigenvalue weighted by atomic mass is 16.3. The quantitative estimate of drug-likeness (QED) is 0.631. The molecule has 136 valence electrons. The summed E-state index contributed by atoms with van der Waals surface area (Å²) in [5.41, 5.74) is 9.67. The zero-order valence-corrected chi connectivity index (χ0v) is 14.9. The molecule has 0 aliphatic carbocycles. The van der Waals surface area contributed by atoms with Crippen molar-refractivity contribution in [2.75, 3.05) is 13.7 Å². The van der Waals surface area contributed by atoms with Crippen molar-refractivity contribution in [3.63, 3.8) is 0 Å². The Hall–Kier alpha value is -3.00. The molecule has 3 aromatic rings. The van der Waals surface area contributed by atoms with Crippen LogP contribution in [0.2, 0.25) is 0 Å². The van der Waals surface area contributed by atoms with Crippen molar-refractivity contribution < 1.29 is 5.11 Å². The van der Waals surface area contributed by atoms with Crippen LogP contribution in [0, 0.1) is 0 Å². The Balaban J connectivity index is 2.10. The van der Waals surface area contributed by atoms with Gasteiger partial charge in [0, 0.05) is 43.4 Å². The van der Waals surface area contributed by atoms with Gasteiger partial charge in [0.25, 0.3) is 0 Å². The van der Waals surface area contributed by atoms with E-state index in [4.69, 9.17) is 10.7 Å². The molecule has 3 heterocycles. The molecule has 0 bridgehead atoms. The Labute approximate surface area is 151 Å². The maximum absolute atomic E-state index is 9.25. The number of rotatable bonds is 7. The van der Waals surface area contributed by atoms with E-state index in [2.05, 4.69) is 22.1 Å². The molecule has 0 aliphatic heterocycles. The summed E-state index contributed by atoms with van der Waals surface area (Å²) in [4.78, 5) is 8.80. The minimum Gasteiger partial charge on any atom is -0.404 e. The standard InChI is InChI=1S/C18H23N7O/c1-3-15(5-7-26)24-11-14(10-22-24)18-17-4-6-21-25(17)12-16(23-18)13(8-19)9-20-2/h4,6,8-12,15,26H,3,5,7,19H2,1-2H3. The molecule has 0 fully saturated rings. The van der Waals surface area contributed by atoms with Crippen LogP contribution in [-0.2, 0) is 0 Å². The van der Waals surface area contributed by atoms with Crippen molar-refractivity contribution in [2.45, 2.75) is 25.8 Å². The molecule has 26 heavy (non-hydrogen) atoms. The largest absolute Gasteiger partial charge is 0.404 e. The summed E-state index contributed by atoms with van der Waals surface area (Å²) in [5, 5.41) is 18.1. The Morgan fingerprint density at radius 1 is 1.38 bits per heavy atom. The number of aliphatic imine (C=N–C) groups is 1. The predicted octanol–water partition coefficient (Wildman–Crippen LogP) is 1.93. The molecule has 1 unspecified atom stereocenters. The van der Waals surface area contributed by atoms with Gasteiger partial charge in [-0.05, 0) is 18.9 Å². The lowest BCUT2D eigenvalue weighted by Gasteiger charge is -2.13. The molecular formula is C18H23N7O. The van der Waals surface area contributed by atoms with E-state index in [1.807, 2.05) is 23.1 Å². The Kier molecular flexibility index (Phi) is 5.43. The van der Waals surface area contributed by atoms with Crippen molar-refractivity contribution in [2.24, 2.45) is 10.7 Å². The van der Waals surface area contributed by atoms with Crippen LogP contribution >= 0.6 is 0 Å². The zero-order chi connectivity index (χ0) is 18.5. The molecular weight excluding hydrogens is 330 g/mol. The summed E-state index contributed by atoms with van der Waals surface area (Å²) in [6.07, 6.45) is 12.0. The average molecular weight is 353 g/mol. The molecule has 8 heteroatoms. The maximum atomic E-state index is 9.25. The molecule has 3 N–H and O–H groups in total. The third-order valence-corrected chi connectivity index (χ3v) is 4.32. The second kappa shape index (κ2) is 7.92. The highest BCUT2D eigenvalue weighted by molar-refractivity contribution is 6.09. The monoisotopic (exact) mass is 353 g/mol. The number of nitrogens with two attached hydrogens (primary N) is 1. The Morgan fingerprint density at radius 2 is 2.23 bits per heavy atom. The smallest absolute Gasteiger partial charge is 0.0999 e. The lowest BCUT2D eigenvalue weighted by Crippen LogP contribution is -2.10. The molecule has 3 aromatic heterocycles. The first-order chi connectivity index (χ1) is 12.7. The average Bonchev–Trinajstić information content (AvgIpc) is 3.32. The lowest BCUT2D eigenvalue weighted by atomic mass is 10.1. The van der Waals surface area contributed by atoms with Gasteiger partial charge in [-0.2, -0.15) is 10.2 Å². The molecule has 0 aliphatic rings. The van der Waals surface area contributed by atoms with Crippen molar-refractivity contribution in [3.05, 3.63) is 42.7 Å². The van der Waals surface area contributed by atoms with E-state index in [0.717, 1.165) is 23.2 Å². The van der Waals surface area contributed by atoms with Crippen molar-refractivity contribution in [1.29, 1.82) is 0 Å². The normalized spacial score (nSPS) is 13.7. The van der Waals surface area contributed by atoms with E-state index in [-0.39, 0.29) is 12.6 Å². The highest BCUT2D eigenvalue weighted by Gasteiger charge is 2.15. The number of aliphatic hydroxyl groups is 1. The summed E-state index contributed by atoms with van der Waals surface area (Å²) in [6.45, 7) is 2.22. The second-order valence-corrected chi connectivity index (χ2v) is 5.93. The van der Waals surface area contributed by atoms with Gasteiger partial charge in [0.05, 0.1) is 41.5 Å². The van der Waals surface area contributed by atoms with E-state index < -0.39 is 0 Å². The topological polar surface area (TPSA) is 107 Å². The first-order valence-corrected chi connectivity index (χ1v) is 8.56. The van der Waals surface area contributed by atoms with E-state index in [0.29, 0.717) is 17.7 Å². The maximum Gasteiger partial charge on any atom is 0.0999 e. The van der Waals surface area contributed by atoms with Gasteiger partial charge in [-0.15, -0.1) is 0 Å². The van der Waals surface area contributed by atoms with Crippen LogP contribution in [-0.4, -0.2) is 49.4 Å². The van der Waals surface area contributed by atoms with E-state index in [9.17, 15) is 5.11 Å². The third kappa shape index (κ3) is 3.36. The first kappa shape index (κ1) is 17.8. The lowest BCUT2D eigenvalue weighted by molar-refractivity contribution is 0.248. The number of fused-ring (bicyclic) bond motifs is 1. The SMILES string of the molecule is CCC(CCO)n1cc(-c2nc(C(C=NC)=CN)cn3nccc23)cn1. The highest BCUT2D eigenvalue weighted by Crippen LogP contribution is 2.26. The molecule has 1 atom stereocenters. The van der Waals surface area contributed by atoms with Gasteiger partial charge in [0.2, 0.25) is 0 Å². The number of nitrogens with zero attached hydrogens (tertiary/aromatic N) is 6. The van der Waals surface area contributed by atoms with Crippen LogP contribution in [0.15, 0.2) is 42.0 Å². The van der Waals surface area contributed by atoms with Gasteiger partial charge in [-0.1, -0.05) is 6.92 Å². The fraction of sp³-hybridized carbons (Fsp3) is 0.333. The van der Waals surface area contributed by atoms with E-state index in [1.54, 1.807) is 30.2 Å². The summed E-state index contributed by atoms with van der Waals surface area (Å²) >= 11 is 0. The third-order valence-electron chi connectivity index (χ3n) is 4.32. The van der Waals surface area contributed by atoms with Crippen LogP contribution in [0.25, 0.3) is 22.3 Å². The summed E-state index contributed by atoms with van der Waals surface area (Å²) in [6, 6.07) is 2.07. The van der Waals surface area contributed by atoms with Gasteiger partial charge >= 0.3 is 0 Å². The molecule has 0 saturated carbocycles. The van der Waals surface area contributed by atoms with E-state index >= 15 is 0 Å². The minimum absolute atomic E-state index is 0.134. The first-order valence-electron chi connectivity index (χ1n) is 8.56. The molecule has 0 aromatic carbocycles. The van der Waals surface area contributed by atoms with Gasteiger partial charge in [-0.25, -0.2) is 9.50 Å². The molecule has 0 saturated heterocycles. The minimum atomic E-state index is 0.134. The molecule has 8 nitrogen and oxygen atoms in total. The number of aromatic nitrogens is 5. The summed E-state index contributed by atoms with van der Waals surface area (Å²) < 4.78 is 3.66. The van der Waals surface area contributed by atoms with Crippen LogP contribution in [0.4, 0.5) is 0 Å². The second-order valence-electron chi connectivity index (χ2n) is 5.93. The zero-order valence-electron chi connectivity index (χ0n) is 14.9. The van der Waals surface area contributed by atoms with E-state index in [1.165, 1.54) is 6.20 Å². The molecule has 3 rings (SSSR count). The van der Waals surface area contributed by atoms with Gasteiger partial charge in [-0.3, -0.25) is 9.67 Å². The van der Waals surface area contributed by atoms with Gasteiger partial charge in [0.1, 0.15) is 0 Å². The number of hydrogen-bond donors (Lipinski definition) is 2. The fourth-order valence-electron chi connectivity index (χ4n) is 2.94. The molecule has 0 spiro atoms. The van der Waals surface area contributed by atoms with Crippen LogP contribution in [0.5, 0.6) is 0 Å². The number of aliphatic hydroxyl groups excluding tert-OH is 1. The number of allylic oxidation sites excluding steroid dienone is 1. The predicted molar refractivity (Wildman–Crippen MR) is 102 cm³/mol. The molecule has 0 amide bonds. The van der Waals surface area contributed by atoms with Crippen LogP contribution in [0.1, 0.15) is 31.5 Å². The summed E-state index contributed by atoms with van der Waals surface area (Å²) in [5.74, 6) is 0. The Morgan fingerprint density at radius 3 is 2.92 bits per heavy atom. The fourth-order valence-corrected chi connectivity index (χ4v) is 2.94. The van der Waals surface area contributed by atoms with Crippen molar-refractivity contribution in [3.8, 4) is 11.3 Å².